The van der Waals surface area contributed by atoms with Gasteiger partial charge in [-0.3, -0.25) is 0 Å². The summed E-state index contributed by atoms with van der Waals surface area (Å²) >= 11 is 0. The average Bonchev–Trinajstić information content (AvgIpc) is 2.78. The molecule has 4 aromatic carbocycles. The summed E-state index contributed by atoms with van der Waals surface area (Å²) in [5.41, 5.74) is 4.74. The largest absolute Gasteiger partial charge is 0.207 e. The molecular weight excluding hydrogens is 374 g/mol. The molecule has 0 saturated heterocycles. The monoisotopic (exact) mass is 400 g/mol. The van der Waals surface area contributed by atoms with Gasteiger partial charge in [0.05, 0.1) is 0 Å². The van der Waals surface area contributed by atoms with Crippen LogP contribution in [0.1, 0.15) is 38.2 Å². The minimum Gasteiger partial charge on any atom is -0.207 e. The molecule has 0 aromatic heterocycles. The molecule has 0 N–H and O–H groups in total. The summed E-state index contributed by atoms with van der Waals surface area (Å²) in [6, 6.07) is 24.2. The van der Waals surface area contributed by atoms with Crippen molar-refractivity contribution >= 4 is 10.8 Å². The molecule has 4 aromatic rings. The summed E-state index contributed by atoms with van der Waals surface area (Å²) in [4.78, 5) is 0. The lowest BCUT2D eigenvalue weighted by Crippen LogP contribution is -1.89. The van der Waals surface area contributed by atoms with Crippen LogP contribution in [0.4, 0.5) is 8.78 Å². The summed E-state index contributed by atoms with van der Waals surface area (Å²) in [5.74, 6) is -0.593. The molecule has 0 atom stereocenters. The SMILES string of the molecule is CCCCCCc1ccc(-c2ccc3c(F)c(-c4ccc(F)cc4)ccc3c2)cc1. The van der Waals surface area contributed by atoms with Gasteiger partial charge >= 0.3 is 0 Å². The smallest absolute Gasteiger partial charge is 0.138 e. The minimum atomic E-state index is -0.323. The molecule has 0 heterocycles. The van der Waals surface area contributed by atoms with E-state index in [9.17, 15) is 4.39 Å². The van der Waals surface area contributed by atoms with Crippen LogP contribution in [0.3, 0.4) is 0 Å². The van der Waals surface area contributed by atoms with Crippen LogP contribution in [0.5, 0.6) is 0 Å². The predicted molar refractivity (Wildman–Crippen MR) is 123 cm³/mol. The maximum absolute atomic E-state index is 15.1. The van der Waals surface area contributed by atoms with Crippen molar-refractivity contribution in [2.45, 2.75) is 39.0 Å². The quantitative estimate of drug-likeness (QED) is 0.273. The van der Waals surface area contributed by atoms with Crippen LogP contribution >= 0.6 is 0 Å². The normalized spacial score (nSPS) is 11.2. The van der Waals surface area contributed by atoms with Gasteiger partial charge in [-0.2, -0.15) is 0 Å². The summed E-state index contributed by atoms with van der Waals surface area (Å²) < 4.78 is 28.3. The number of halogens is 2. The molecule has 0 spiro atoms. The molecule has 0 radical (unpaired) electrons. The molecule has 4 rings (SSSR count). The lowest BCUT2D eigenvalue weighted by molar-refractivity contribution is 0.627. The van der Waals surface area contributed by atoms with Gasteiger partial charge in [-0.1, -0.05) is 86.8 Å². The zero-order valence-electron chi connectivity index (χ0n) is 17.3. The lowest BCUT2D eigenvalue weighted by Gasteiger charge is -2.10. The Morgan fingerprint density at radius 2 is 1.33 bits per heavy atom. The third kappa shape index (κ3) is 4.43. The van der Waals surface area contributed by atoms with Gasteiger partial charge in [0.25, 0.3) is 0 Å². The summed E-state index contributed by atoms with van der Waals surface area (Å²) in [6.45, 7) is 2.23. The molecule has 0 bridgehead atoms. The van der Waals surface area contributed by atoms with E-state index in [1.807, 2.05) is 24.3 Å². The van der Waals surface area contributed by atoms with Crippen LogP contribution in [0.2, 0.25) is 0 Å². The highest BCUT2D eigenvalue weighted by molar-refractivity contribution is 5.91. The number of hydrogen-bond acceptors (Lipinski definition) is 0. The number of rotatable bonds is 7. The van der Waals surface area contributed by atoms with E-state index in [0.717, 1.165) is 22.9 Å². The first-order valence-corrected chi connectivity index (χ1v) is 10.7. The topological polar surface area (TPSA) is 0 Å². The van der Waals surface area contributed by atoms with E-state index in [4.69, 9.17) is 0 Å². The lowest BCUT2D eigenvalue weighted by atomic mass is 9.96. The Morgan fingerprint density at radius 3 is 2.07 bits per heavy atom. The van der Waals surface area contributed by atoms with E-state index in [-0.39, 0.29) is 11.6 Å². The maximum atomic E-state index is 15.1. The summed E-state index contributed by atoms with van der Waals surface area (Å²) in [5, 5.41) is 1.44. The van der Waals surface area contributed by atoms with Gasteiger partial charge in [-0.25, -0.2) is 8.78 Å². The second kappa shape index (κ2) is 9.21. The molecule has 0 aliphatic rings. The standard InChI is InChI=1S/C28H26F2/c1-2-3-4-5-6-20-7-9-21(10-8-20)23-13-17-27-24(19-23)14-18-26(28(27)30)22-11-15-25(29)16-12-22/h7-19H,2-6H2,1H3. The highest BCUT2D eigenvalue weighted by Gasteiger charge is 2.10. The fraction of sp³-hybridized carbons (Fsp3) is 0.214. The second-order valence-corrected chi connectivity index (χ2v) is 7.88. The van der Waals surface area contributed by atoms with Crippen LogP contribution in [0.25, 0.3) is 33.0 Å². The third-order valence-corrected chi connectivity index (χ3v) is 5.72. The molecule has 2 heteroatoms. The Kier molecular flexibility index (Phi) is 6.23. The Labute approximate surface area is 177 Å². The Balaban J connectivity index is 1.58. The van der Waals surface area contributed by atoms with E-state index in [1.54, 1.807) is 18.2 Å². The van der Waals surface area contributed by atoms with E-state index in [0.29, 0.717) is 16.5 Å². The van der Waals surface area contributed by atoms with Crippen molar-refractivity contribution in [1.29, 1.82) is 0 Å². The molecule has 152 valence electrons. The molecule has 0 aliphatic carbocycles. The highest BCUT2D eigenvalue weighted by atomic mass is 19.1. The van der Waals surface area contributed by atoms with E-state index in [2.05, 4.69) is 31.2 Å². The summed E-state index contributed by atoms with van der Waals surface area (Å²) in [7, 11) is 0. The first-order valence-electron chi connectivity index (χ1n) is 10.7. The first kappa shape index (κ1) is 20.3. The van der Waals surface area contributed by atoms with Crippen LogP contribution in [-0.4, -0.2) is 0 Å². The van der Waals surface area contributed by atoms with Crippen molar-refractivity contribution in [3.8, 4) is 22.3 Å². The predicted octanol–water partition coefficient (Wildman–Crippen LogP) is 8.57. The van der Waals surface area contributed by atoms with Crippen LogP contribution in [-0.2, 0) is 6.42 Å². The molecule has 0 fully saturated rings. The van der Waals surface area contributed by atoms with Crippen LogP contribution in [0.15, 0.2) is 78.9 Å². The molecule has 30 heavy (non-hydrogen) atoms. The minimum absolute atomic E-state index is 0.270. The number of hydrogen-bond donors (Lipinski definition) is 0. The Bertz CT molecular complexity index is 1130. The van der Waals surface area contributed by atoms with Crippen molar-refractivity contribution in [2.75, 3.05) is 0 Å². The molecule has 0 amide bonds. The average molecular weight is 401 g/mol. The van der Waals surface area contributed by atoms with E-state index < -0.39 is 0 Å². The number of benzene rings is 4. The molecule has 0 unspecified atom stereocenters. The fourth-order valence-electron chi connectivity index (χ4n) is 3.94. The van der Waals surface area contributed by atoms with Crippen LogP contribution < -0.4 is 0 Å². The van der Waals surface area contributed by atoms with Gasteiger partial charge in [-0.15, -0.1) is 0 Å². The number of aryl methyl sites for hydroxylation is 1. The Morgan fingerprint density at radius 1 is 0.633 bits per heavy atom. The van der Waals surface area contributed by atoms with Gasteiger partial charge in [0.1, 0.15) is 11.6 Å². The van der Waals surface area contributed by atoms with E-state index in [1.165, 1.54) is 43.4 Å². The summed E-state index contributed by atoms with van der Waals surface area (Å²) in [6.07, 6.45) is 6.20. The van der Waals surface area contributed by atoms with Gasteiger partial charge in [-0.05, 0) is 58.7 Å². The molecule has 0 nitrogen and oxygen atoms in total. The van der Waals surface area contributed by atoms with Crippen molar-refractivity contribution < 1.29 is 8.78 Å². The van der Waals surface area contributed by atoms with E-state index >= 15 is 4.39 Å². The molecule has 0 aliphatic heterocycles. The first-order chi connectivity index (χ1) is 14.7. The van der Waals surface area contributed by atoms with Crippen molar-refractivity contribution in [3.05, 3.63) is 96.1 Å². The fourth-order valence-corrected chi connectivity index (χ4v) is 3.94. The highest BCUT2D eigenvalue weighted by Crippen LogP contribution is 2.32. The maximum Gasteiger partial charge on any atom is 0.138 e. The van der Waals surface area contributed by atoms with Crippen LogP contribution in [0, 0.1) is 11.6 Å². The van der Waals surface area contributed by atoms with Gasteiger partial charge < -0.3 is 0 Å². The van der Waals surface area contributed by atoms with Gasteiger partial charge in [0, 0.05) is 10.9 Å². The number of fused-ring (bicyclic) bond motifs is 1. The van der Waals surface area contributed by atoms with Gasteiger partial charge in [0.15, 0.2) is 0 Å². The van der Waals surface area contributed by atoms with Crippen molar-refractivity contribution in [3.63, 3.8) is 0 Å². The number of unbranched alkanes of at least 4 members (excludes halogenated alkanes) is 3. The molecular formula is C28H26F2. The van der Waals surface area contributed by atoms with Gasteiger partial charge in [0.2, 0.25) is 0 Å². The molecule has 0 saturated carbocycles. The zero-order chi connectivity index (χ0) is 20.9. The third-order valence-electron chi connectivity index (χ3n) is 5.72. The zero-order valence-corrected chi connectivity index (χ0v) is 17.3. The van der Waals surface area contributed by atoms with Crippen molar-refractivity contribution in [1.82, 2.24) is 0 Å². The van der Waals surface area contributed by atoms with Crippen molar-refractivity contribution in [2.24, 2.45) is 0 Å². The Hall–Kier alpha value is -3.00. The second-order valence-electron chi connectivity index (χ2n) is 7.88.